The van der Waals surface area contributed by atoms with Gasteiger partial charge >= 0.3 is 0 Å². The molecule has 118 valence electrons. The predicted octanol–water partition coefficient (Wildman–Crippen LogP) is 1.22. The van der Waals surface area contributed by atoms with E-state index in [0.717, 1.165) is 5.56 Å². The van der Waals surface area contributed by atoms with Crippen LogP contribution in [0.2, 0.25) is 0 Å². The first kappa shape index (κ1) is 16.0. The number of H-pyrrole nitrogens is 1. The second-order valence-electron chi connectivity index (χ2n) is 4.92. The van der Waals surface area contributed by atoms with Crippen molar-refractivity contribution < 1.29 is 14.6 Å². The monoisotopic (exact) mass is 304 g/mol. The molecule has 22 heavy (non-hydrogen) atoms. The SMILES string of the molecule is COc1ccc(Cc2nc(C)c(CCO)c(=O)[nH]2)cc1OC. The van der Waals surface area contributed by atoms with Crippen molar-refractivity contribution in [2.75, 3.05) is 20.8 Å². The Morgan fingerprint density at radius 2 is 1.95 bits per heavy atom. The van der Waals surface area contributed by atoms with Crippen LogP contribution in [0.4, 0.5) is 0 Å². The first-order valence-corrected chi connectivity index (χ1v) is 6.99. The van der Waals surface area contributed by atoms with E-state index in [2.05, 4.69) is 9.97 Å². The van der Waals surface area contributed by atoms with Gasteiger partial charge in [0.2, 0.25) is 0 Å². The lowest BCUT2D eigenvalue weighted by molar-refractivity contribution is 0.298. The molecule has 2 rings (SSSR count). The third-order valence-electron chi connectivity index (χ3n) is 3.45. The lowest BCUT2D eigenvalue weighted by atomic mass is 10.1. The van der Waals surface area contributed by atoms with Gasteiger partial charge in [-0.25, -0.2) is 4.98 Å². The normalized spacial score (nSPS) is 10.5. The molecule has 0 saturated heterocycles. The molecule has 0 radical (unpaired) electrons. The molecule has 0 amide bonds. The minimum absolute atomic E-state index is 0.0688. The van der Waals surface area contributed by atoms with E-state index in [1.54, 1.807) is 21.1 Å². The van der Waals surface area contributed by atoms with Crippen molar-refractivity contribution in [3.8, 4) is 11.5 Å². The second-order valence-corrected chi connectivity index (χ2v) is 4.92. The van der Waals surface area contributed by atoms with Crippen LogP contribution in [0.1, 0.15) is 22.6 Å². The Morgan fingerprint density at radius 1 is 1.23 bits per heavy atom. The van der Waals surface area contributed by atoms with E-state index in [-0.39, 0.29) is 12.2 Å². The van der Waals surface area contributed by atoms with Gasteiger partial charge < -0.3 is 19.6 Å². The van der Waals surface area contributed by atoms with Gasteiger partial charge in [0.25, 0.3) is 5.56 Å². The van der Waals surface area contributed by atoms with Gasteiger partial charge in [0.15, 0.2) is 11.5 Å². The Bertz CT molecular complexity index is 710. The maximum Gasteiger partial charge on any atom is 0.254 e. The van der Waals surface area contributed by atoms with E-state index in [1.165, 1.54) is 0 Å². The second kappa shape index (κ2) is 7.09. The van der Waals surface area contributed by atoms with Crippen molar-refractivity contribution >= 4 is 0 Å². The molecule has 0 saturated carbocycles. The number of hydrogen-bond acceptors (Lipinski definition) is 5. The highest BCUT2D eigenvalue weighted by atomic mass is 16.5. The highest BCUT2D eigenvalue weighted by molar-refractivity contribution is 5.43. The zero-order valence-electron chi connectivity index (χ0n) is 13.0. The standard InChI is InChI=1S/C16H20N2O4/c1-10-12(6-7-19)16(20)18-15(17-10)9-11-4-5-13(21-2)14(8-11)22-3/h4-5,8,19H,6-7,9H2,1-3H3,(H,17,18,20). The molecule has 0 aliphatic rings. The van der Waals surface area contributed by atoms with E-state index in [0.29, 0.717) is 41.4 Å². The summed E-state index contributed by atoms with van der Waals surface area (Å²) in [6.45, 7) is 1.71. The maximum atomic E-state index is 12.0. The minimum atomic E-state index is -0.197. The van der Waals surface area contributed by atoms with Crippen molar-refractivity contribution in [2.45, 2.75) is 19.8 Å². The number of aromatic amines is 1. The summed E-state index contributed by atoms with van der Waals surface area (Å²) in [5.41, 5.74) is 1.93. The summed E-state index contributed by atoms with van der Waals surface area (Å²) in [6, 6.07) is 5.58. The number of methoxy groups -OCH3 is 2. The summed E-state index contributed by atoms with van der Waals surface area (Å²) in [4.78, 5) is 19.2. The van der Waals surface area contributed by atoms with E-state index in [1.807, 2.05) is 18.2 Å². The number of aromatic nitrogens is 2. The zero-order chi connectivity index (χ0) is 16.1. The van der Waals surface area contributed by atoms with Gasteiger partial charge in [-0.15, -0.1) is 0 Å². The van der Waals surface area contributed by atoms with Gasteiger partial charge in [-0.2, -0.15) is 0 Å². The fraction of sp³-hybridized carbons (Fsp3) is 0.375. The molecule has 0 atom stereocenters. The number of aliphatic hydroxyl groups excluding tert-OH is 1. The molecule has 2 aromatic rings. The van der Waals surface area contributed by atoms with E-state index in [9.17, 15) is 4.79 Å². The van der Waals surface area contributed by atoms with Crippen molar-refractivity contribution in [3.05, 3.63) is 51.2 Å². The molecular weight excluding hydrogens is 284 g/mol. The number of aryl methyl sites for hydroxylation is 1. The van der Waals surface area contributed by atoms with Crippen molar-refractivity contribution in [1.82, 2.24) is 9.97 Å². The molecular formula is C16H20N2O4. The molecule has 6 heteroatoms. The lowest BCUT2D eigenvalue weighted by Gasteiger charge is -2.10. The third kappa shape index (κ3) is 3.46. The highest BCUT2D eigenvalue weighted by Crippen LogP contribution is 2.28. The number of nitrogens with one attached hydrogen (secondary N) is 1. The van der Waals surface area contributed by atoms with E-state index >= 15 is 0 Å². The molecule has 0 fully saturated rings. The Labute approximate surface area is 128 Å². The molecule has 1 aromatic carbocycles. The third-order valence-corrected chi connectivity index (χ3v) is 3.45. The number of hydrogen-bond donors (Lipinski definition) is 2. The fourth-order valence-corrected chi connectivity index (χ4v) is 2.34. The van der Waals surface area contributed by atoms with Gasteiger partial charge in [0.1, 0.15) is 5.82 Å². The number of nitrogens with zero attached hydrogens (tertiary/aromatic N) is 1. The number of ether oxygens (including phenoxy) is 2. The van der Waals surface area contributed by atoms with Gasteiger partial charge in [0.05, 0.1) is 14.2 Å². The van der Waals surface area contributed by atoms with Crippen molar-refractivity contribution in [2.24, 2.45) is 0 Å². The number of benzene rings is 1. The van der Waals surface area contributed by atoms with E-state index < -0.39 is 0 Å². The Hall–Kier alpha value is -2.34. The molecule has 0 spiro atoms. The van der Waals surface area contributed by atoms with Crippen molar-refractivity contribution in [1.29, 1.82) is 0 Å². The van der Waals surface area contributed by atoms with Crippen LogP contribution in [0.3, 0.4) is 0 Å². The summed E-state index contributed by atoms with van der Waals surface area (Å²) < 4.78 is 10.5. The zero-order valence-corrected chi connectivity index (χ0v) is 13.0. The summed E-state index contributed by atoms with van der Waals surface area (Å²) >= 11 is 0. The Balaban J connectivity index is 2.29. The summed E-state index contributed by atoms with van der Waals surface area (Å²) in [7, 11) is 3.16. The van der Waals surface area contributed by atoms with Gasteiger partial charge in [-0.3, -0.25) is 4.79 Å². The molecule has 1 heterocycles. The fourth-order valence-electron chi connectivity index (χ4n) is 2.34. The maximum absolute atomic E-state index is 12.0. The molecule has 2 N–H and O–H groups in total. The molecule has 1 aromatic heterocycles. The average Bonchev–Trinajstić information content (AvgIpc) is 2.50. The largest absolute Gasteiger partial charge is 0.493 e. The van der Waals surface area contributed by atoms with Gasteiger partial charge in [-0.05, 0) is 24.6 Å². The van der Waals surface area contributed by atoms with Crippen LogP contribution in [-0.4, -0.2) is 35.9 Å². The van der Waals surface area contributed by atoms with Crippen LogP contribution < -0.4 is 15.0 Å². The Morgan fingerprint density at radius 3 is 2.55 bits per heavy atom. The van der Waals surface area contributed by atoms with Crippen LogP contribution in [0, 0.1) is 6.92 Å². The van der Waals surface area contributed by atoms with Crippen LogP contribution >= 0.6 is 0 Å². The molecule has 6 nitrogen and oxygen atoms in total. The van der Waals surface area contributed by atoms with Gasteiger partial charge in [0, 0.05) is 30.7 Å². The summed E-state index contributed by atoms with van der Waals surface area (Å²) in [5.74, 6) is 1.87. The topological polar surface area (TPSA) is 84.4 Å². The molecule has 0 aliphatic heterocycles. The molecule has 0 aliphatic carbocycles. The smallest absolute Gasteiger partial charge is 0.254 e. The van der Waals surface area contributed by atoms with Gasteiger partial charge in [-0.1, -0.05) is 6.07 Å². The predicted molar refractivity (Wildman–Crippen MR) is 82.7 cm³/mol. The van der Waals surface area contributed by atoms with Crippen LogP contribution in [0.25, 0.3) is 0 Å². The Kier molecular flexibility index (Phi) is 5.16. The minimum Gasteiger partial charge on any atom is -0.493 e. The van der Waals surface area contributed by atoms with Crippen molar-refractivity contribution in [3.63, 3.8) is 0 Å². The van der Waals surface area contributed by atoms with E-state index in [4.69, 9.17) is 14.6 Å². The first-order chi connectivity index (χ1) is 10.6. The summed E-state index contributed by atoms with van der Waals surface area (Å²) in [5, 5.41) is 8.97. The van der Waals surface area contributed by atoms with Crippen LogP contribution in [0.15, 0.2) is 23.0 Å². The average molecular weight is 304 g/mol. The number of aliphatic hydroxyl groups is 1. The number of rotatable bonds is 6. The highest BCUT2D eigenvalue weighted by Gasteiger charge is 2.10. The molecule has 0 bridgehead atoms. The lowest BCUT2D eigenvalue weighted by Crippen LogP contribution is -2.20. The molecule has 0 unspecified atom stereocenters. The summed E-state index contributed by atoms with van der Waals surface area (Å²) in [6.07, 6.45) is 0.792. The quantitative estimate of drug-likeness (QED) is 0.838. The first-order valence-electron chi connectivity index (χ1n) is 6.99. The van der Waals surface area contributed by atoms with Crippen LogP contribution in [-0.2, 0) is 12.8 Å². The van der Waals surface area contributed by atoms with Crippen LogP contribution in [0.5, 0.6) is 11.5 Å².